The molecule has 11 heteroatoms. The number of ether oxygens (including phenoxy) is 1. The van der Waals surface area contributed by atoms with Crippen LogP contribution in [0.4, 0.5) is 23.2 Å². The number of carbonyl (C=O) groups is 3. The molecule has 0 radical (unpaired) electrons. The first-order valence-corrected chi connectivity index (χ1v) is 11.4. The van der Waals surface area contributed by atoms with Crippen molar-refractivity contribution in [2.45, 2.75) is 19.5 Å². The van der Waals surface area contributed by atoms with E-state index in [0.717, 1.165) is 23.9 Å². The van der Waals surface area contributed by atoms with E-state index in [1.807, 2.05) is 0 Å². The predicted molar refractivity (Wildman–Crippen MR) is 129 cm³/mol. The number of carbonyl (C=O) groups excluding carboxylic acids is 3. The van der Waals surface area contributed by atoms with Crippen molar-refractivity contribution in [1.29, 1.82) is 0 Å². The Kier molecular flexibility index (Phi) is 6.01. The highest BCUT2D eigenvalue weighted by Gasteiger charge is 2.37. The molecular formula is C27H19F4N3O4. The maximum Gasteiger partial charge on any atom is 0.417 e. The Morgan fingerprint density at radius 2 is 1.82 bits per heavy atom. The van der Waals surface area contributed by atoms with Gasteiger partial charge in [0.25, 0.3) is 5.91 Å². The van der Waals surface area contributed by atoms with E-state index in [-0.39, 0.29) is 39.2 Å². The van der Waals surface area contributed by atoms with Crippen molar-refractivity contribution in [2.75, 3.05) is 18.6 Å². The van der Waals surface area contributed by atoms with Gasteiger partial charge in [-0.1, -0.05) is 12.1 Å². The van der Waals surface area contributed by atoms with Crippen molar-refractivity contribution in [3.63, 3.8) is 0 Å². The van der Waals surface area contributed by atoms with E-state index in [4.69, 9.17) is 0 Å². The quantitative estimate of drug-likeness (QED) is 0.203. The van der Waals surface area contributed by atoms with Gasteiger partial charge in [-0.2, -0.15) is 23.0 Å². The van der Waals surface area contributed by atoms with Gasteiger partial charge in [-0.3, -0.25) is 9.59 Å². The number of nitrogens with zero attached hydrogens (tertiary/aromatic N) is 3. The van der Waals surface area contributed by atoms with Gasteiger partial charge in [0.1, 0.15) is 11.5 Å². The van der Waals surface area contributed by atoms with Gasteiger partial charge in [0, 0.05) is 29.6 Å². The van der Waals surface area contributed by atoms with Crippen LogP contribution in [0.3, 0.4) is 0 Å². The second kappa shape index (κ2) is 9.09. The van der Waals surface area contributed by atoms with Crippen molar-refractivity contribution >= 4 is 34.4 Å². The van der Waals surface area contributed by atoms with Crippen LogP contribution in [-0.4, -0.2) is 41.2 Å². The summed E-state index contributed by atoms with van der Waals surface area (Å²) >= 11 is 0. The molecule has 5 rings (SSSR count). The van der Waals surface area contributed by atoms with Crippen molar-refractivity contribution in [2.24, 2.45) is 0 Å². The molecule has 1 aromatic heterocycles. The lowest BCUT2D eigenvalue weighted by Gasteiger charge is -2.30. The van der Waals surface area contributed by atoms with E-state index in [9.17, 15) is 27.6 Å². The van der Waals surface area contributed by atoms with Crippen LogP contribution in [0.15, 0.2) is 54.6 Å². The Hall–Kier alpha value is -4.54. The van der Waals surface area contributed by atoms with E-state index in [1.165, 1.54) is 48.2 Å². The summed E-state index contributed by atoms with van der Waals surface area (Å²) in [5.41, 5.74) is -1.28. The first-order chi connectivity index (χ1) is 18.0. The second-order valence-corrected chi connectivity index (χ2v) is 8.74. The number of alkyl halides is 3. The number of hydrogen-bond donors (Lipinski definition) is 0. The monoisotopic (exact) mass is 525 g/mol. The molecule has 194 valence electrons. The summed E-state index contributed by atoms with van der Waals surface area (Å²) in [4.78, 5) is 38.9. The minimum Gasteiger partial charge on any atom is -0.465 e. The zero-order valence-corrected chi connectivity index (χ0v) is 20.1. The van der Waals surface area contributed by atoms with Gasteiger partial charge in [0.15, 0.2) is 0 Å². The first-order valence-electron chi connectivity index (χ1n) is 11.4. The molecule has 0 aliphatic carbocycles. The zero-order valence-electron chi connectivity index (χ0n) is 20.1. The largest absolute Gasteiger partial charge is 0.465 e. The number of rotatable bonds is 4. The summed E-state index contributed by atoms with van der Waals surface area (Å²) in [6, 6.07) is 11.5. The number of hydrogen-bond acceptors (Lipinski definition) is 5. The van der Waals surface area contributed by atoms with Gasteiger partial charge < -0.3 is 9.64 Å². The molecule has 4 aromatic rings. The SMILES string of the molecule is COC(=O)c1ccc(-c2nn(C(=O)c3c(C)cccc3C(F)(F)F)c3cc(N4CCC4=O)ccc23)c(F)c1. The summed E-state index contributed by atoms with van der Waals surface area (Å²) in [6.45, 7) is 1.82. The molecule has 0 spiro atoms. The van der Waals surface area contributed by atoms with Crippen LogP contribution >= 0.6 is 0 Å². The van der Waals surface area contributed by atoms with Crippen LogP contribution < -0.4 is 4.90 Å². The molecule has 1 aliphatic heterocycles. The lowest BCUT2D eigenvalue weighted by atomic mass is 10.0. The highest BCUT2D eigenvalue weighted by Crippen LogP contribution is 2.37. The molecule has 0 bridgehead atoms. The van der Waals surface area contributed by atoms with Crippen LogP contribution in [0.5, 0.6) is 0 Å². The van der Waals surface area contributed by atoms with Crippen LogP contribution in [0.25, 0.3) is 22.2 Å². The average Bonchev–Trinajstić information content (AvgIpc) is 3.24. The van der Waals surface area contributed by atoms with Gasteiger partial charge in [-0.25, -0.2) is 9.18 Å². The summed E-state index contributed by atoms with van der Waals surface area (Å²) < 4.78 is 62.0. The fraction of sp³-hybridized carbons (Fsp3) is 0.185. The van der Waals surface area contributed by atoms with Gasteiger partial charge >= 0.3 is 12.1 Å². The molecule has 1 fully saturated rings. The molecule has 2 heterocycles. The van der Waals surface area contributed by atoms with Crippen LogP contribution in [0, 0.1) is 12.7 Å². The van der Waals surface area contributed by atoms with Gasteiger partial charge in [-0.05, 0) is 55.0 Å². The van der Waals surface area contributed by atoms with Crippen LogP contribution in [-0.2, 0) is 15.7 Å². The molecule has 1 amide bonds. The molecule has 1 saturated heterocycles. The number of benzene rings is 3. The Labute approximate surface area is 213 Å². The number of halogens is 4. The highest BCUT2D eigenvalue weighted by atomic mass is 19.4. The number of aryl methyl sites for hydroxylation is 1. The topological polar surface area (TPSA) is 81.5 Å². The Morgan fingerprint density at radius 3 is 2.42 bits per heavy atom. The fourth-order valence-corrected chi connectivity index (χ4v) is 4.46. The molecule has 38 heavy (non-hydrogen) atoms. The number of methoxy groups -OCH3 is 1. The lowest BCUT2D eigenvalue weighted by molar-refractivity contribution is -0.138. The fourth-order valence-electron chi connectivity index (χ4n) is 4.46. The third kappa shape index (κ3) is 4.09. The molecule has 1 aliphatic rings. The van der Waals surface area contributed by atoms with Gasteiger partial charge in [0.2, 0.25) is 5.91 Å². The van der Waals surface area contributed by atoms with E-state index < -0.39 is 35.0 Å². The van der Waals surface area contributed by atoms with Crippen molar-refractivity contribution in [1.82, 2.24) is 9.78 Å². The Morgan fingerprint density at radius 1 is 1.05 bits per heavy atom. The third-order valence-electron chi connectivity index (χ3n) is 6.46. The summed E-state index contributed by atoms with van der Waals surface area (Å²) in [6.07, 6.45) is -4.47. The molecule has 0 saturated carbocycles. The molecular weight excluding hydrogens is 506 g/mol. The smallest absolute Gasteiger partial charge is 0.417 e. The predicted octanol–water partition coefficient (Wildman–Crippen LogP) is 5.38. The summed E-state index contributed by atoms with van der Waals surface area (Å²) in [5.74, 6) is -2.82. The molecule has 7 nitrogen and oxygen atoms in total. The molecule has 0 unspecified atom stereocenters. The van der Waals surface area contributed by atoms with Crippen molar-refractivity contribution in [3.8, 4) is 11.3 Å². The highest BCUT2D eigenvalue weighted by molar-refractivity contribution is 6.08. The van der Waals surface area contributed by atoms with Gasteiger partial charge in [0.05, 0.1) is 29.3 Å². The van der Waals surface area contributed by atoms with Crippen LogP contribution in [0.2, 0.25) is 0 Å². The van der Waals surface area contributed by atoms with E-state index in [0.29, 0.717) is 18.7 Å². The minimum atomic E-state index is -4.81. The normalized spacial score (nSPS) is 13.5. The molecule has 0 N–H and O–H groups in total. The first kappa shape index (κ1) is 25.1. The van der Waals surface area contributed by atoms with E-state index in [2.05, 4.69) is 9.84 Å². The van der Waals surface area contributed by atoms with Crippen LogP contribution in [0.1, 0.15) is 38.3 Å². The molecule has 3 aromatic carbocycles. The van der Waals surface area contributed by atoms with Gasteiger partial charge in [-0.15, -0.1) is 0 Å². The lowest BCUT2D eigenvalue weighted by Crippen LogP contribution is -2.43. The third-order valence-corrected chi connectivity index (χ3v) is 6.46. The van der Waals surface area contributed by atoms with E-state index >= 15 is 4.39 Å². The zero-order chi connectivity index (χ0) is 27.4. The Balaban J connectivity index is 1.74. The number of β-lactam (4-membered cyclic amide) rings is 1. The Bertz CT molecular complexity index is 1640. The summed E-state index contributed by atoms with van der Waals surface area (Å²) in [7, 11) is 1.15. The number of esters is 1. The second-order valence-electron chi connectivity index (χ2n) is 8.74. The van der Waals surface area contributed by atoms with Crippen molar-refractivity contribution in [3.05, 3.63) is 82.7 Å². The van der Waals surface area contributed by atoms with Crippen molar-refractivity contribution < 1.29 is 36.7 Å². The molecule has 0 atom stereocenters. The minimum absolute atomic E-state index is 0.0223. The standard InChI is InChI=1S/C27H19F4N3O4/c1-14-4-3-5-19(27(29,30)31)23(14)25(36)34-21-13-16(33-11-10-22(33)35)7-9-18(21)24(32-34)17-8-6-15(12-20(17)28)26(37)38-2/h3-9,12-13H,10-11H2,1-2H3. The number of aromatic nitrogens is 2. The summed E-state index contributed by atoms with van der Waals surface area (Å²) in [5, 5.41) is 4.52. The number of amides is 1. The number of fused-ring (bicyclic) bond motifs is 1. The maximum atomic E-state index is 15.2. The number of anilines is 1. The maximum absolute atomic E-state index is 15.2. The van der Waals surface area contributed by atoms with E-state index in [1.54, 1.807) is 6.07 Å². The average molecular weight is 525 g/mol.